The minimum atomic E-state index is -1.05. The highest BCUT2D eigenvalue weighted by Gasteiger charge is 2.34. The zero-order valence-electron chi connectivity index (χ0n) is 36.8. The molecule has 1 heterocycles. The van der Waals surface area contributed by atoms with Crippen LogP contribution in [0.1, 0.15) is 70.1 Å². The first-order valence-corrected chi connectivity index (χ1v) is 21.4. The molecule has 0 aliphatic carbocycles. The van der Waals surface area contributed by atoms with E-state index in [1.807, 2.05) is 48.5 Å². The fourth-order valence-electron chi connectivity index (χ4n) is 7.08. The molecule has 0 bridgehead atoms. The number of urea groups is 1. The van der Waals surface area contributed by atoms with E-state index >= 15 is 0 Å². The number of carbonyl (C=O) groups is 6. The minimum absolute atomic E-state index is 0.106. The molecule has 16 nitrogen and oxygen atoms in total. The molecule has 5 rings (SSSR count). The Balaban J connectivity index is 1.24. The minimum Gasteiger partial charge on any atom is -0.497 e. The Kier molecular flexibility index (Phi) is 16.6. The normalized spacial score (nSPS) is 14.3. The van der Waals surface area contributed by atoms with E-state index in [-0.39, 0.29) is 37.3 Å². The third kappa shape index (κ3) is 13.3. The maximum Gasteiger partial charge on any atom is 0.411 e. The summed E-state index contributed by atoms with van der Waals surface area (Å²) in [5.41, 5.74) is 8.27. The maximum atomic E-state index is 13.6. The van der Waals surface area contributed by atoms with Crippen LogP contribution in [0.3, 0.4) is 0 Å². The highest BCUT2D eigenvalue weighted by molar-refractivity contribution is 6.19. The average Bonchev–Trinajstić information content (AvgIpc) is 3.63. The summed E-state index contributed by atoms with van der Waals surface area (Å²) in [6, 6.07) is 20.5. The molecule has 0 aromatic heterocycles. The summed E-state index contributed by atoms with van der Waals surface area (Å²) in [6.45, 7) is 9.03. The first-order valence-electron chi connectivity index (χ1n) is 20.9. The number of hydrogen-bond acceptors (Lipinski definition) is 9. The first-order chi connectivity index (χ1) is 30.5. The Bertz CT molecular complexity index is 2350. The van der Waals surface area contributed by atoms with Crippen molar-refractivity contribution in [2.75, 3.05) is 41.6 Å². The summed E-state index contributed by atoms with van der Waals surface area (Å²) in [5, 5.41) is 15.1. The molecule has 4 aromatic rings. The van der Waals surface area contributed by atoms with Crippen LogP contribution in [0.15, 0.2) is 84.9 Å². The number of fused-ring (bicyclic) bond motifs is 3. The second-order valence-electron chi connectivity index (χ2n) is 16.6. The monoisotopic (exact) mass is 897 g/mol. The Labute approximate surface area is 377 Å². The van der Waals surface area contributed by atoms with Gasteiger partial charge in [-0.05, 0) is 98.0 Å². The third-order valence-corrected chi connectivity index (χ3v) is 10.6. The topological polar surface area (TPSA) is 220 Å². The molecular formula is C47H56ClN7O9. The zero-order chi connectivity index (χ0) is 46.6. The number of nitrogens with one attached hydrogen (secondary N) is 5. The number of anilines is 3. The van der Waals surface area contributed by atoms with Gasteiger partial charge in [0.05, 0.1) is 18.5 Å². The van der Waals surface area contributed by atoms with Crippen LogP contribution in [0.4, 0.5) is 31.4 Å². The van der Waals surface area contributed by atoms with Crippen molar-refractivity contribution in [3.05, 3.63) is 102 Å². The van der Waals surface area contributed by atoms with Crippen molar-refractivity contribution in [3.63, 3.8) is 0 Å². The Morgan fingerprint density at radius 3 is 2.20 bits per heavy atom. The highest BCUT2D eigenvalue weighted by atomic mass is 35.5. The number of alkyl carbamates (subject to hydrolysis) is 1. The predicted octanol–water partition coefficient (Wildman–Crippen LogP) is 7.40. The molecule has 0 fully saturated rings. The van der Waals surface area contributed by atoms with E-state index in [4.69, 9.17) is 31.5 Å². The molecular weight excluding hydrogens is 842 g/mol. The van der Waals surface area contributed by atoms with Crippen molar-refractivity contribution < 1.29 is 43.0 Å². The molecule has 3 atom stereocenters. The van der Waals surface area contributed by atoms with E-state index in [2.05, 4.69) is 26.6 Å². The largest absolute Gasteiger partial charge is 0.497 e. The van der Waals surface area contributed by atoms with E-state index < -0.39 is 47.7 Å². The lowest BCUT2D eigenvalue weighted by atomic mass is 9.95. The summed E-state index contributed by atoms with van der Waals surface area (Å²) in [5.74, 6) is -0.843. The number of hydrogen-bond donors (Lipinski definition) is 6. The van der Waals surface area contributed by atoms with Gasteiger partial charge in [0.1, 0.15) is 30.0 Å². The standard InChI is InChI=1S/C47H56ClN7O9/c1-28(2)41(54-46(61)64-47(3,4)5)43(58)52-36(12-9-23-50-44(49)59)42(57)51-32-18-13-30(14-19-32)27-63-45(60)53-37-24-38-40(35-11-8-7-10-34(35)37)31(25-48)26-55(38)39(56)22-17-29-15-20-33(62-6)21-16-29/h7-8,10-11,13-22,24,28,31,36,41H,9,12,23,25-27H2,1-6H3,(H,51,57)(H,52,58)(H,53,60)(H,54,61)(H3,49,50,59)/b22-17+/t31?,36-,41-/m0/s1. The van der Waals surface area contributed by atoms with E-state index in [1.54, 1.807) is 83.0 Å². The van der Waals surface area contributed by atoms with Crippen molar-refractivity contribution in [2.45, 2.75) is 77.7 Å². The third-order valence-electron chi connectivity index (χ3n) is 10.2. The number of primary amides is 1. The second kappa shape index (κ2) is 22.0. The van der Waals surface area contributed by atoms with Gasteiger partial charge in [-0.15, -0.1) is 11.6 Å². The van der Waals surface area contributed by atoms with Gasteiger partial charge in [-0.25, -0.2) is 14.4 Å². The summed E-state index contributed by atoms with van der Waals surface area (Å²) >= 11 is 6.45. The SMILES string of the molecule is COc1ccc(/C=C/C(=O)N2CC(CCl)c3c2cc(NC(=O)OCc2ccc(NC(=O)[C@H](CCCNC(N)=O)NC(=O)[C@@H](NC(=O)OC(C)(C)C)C(C)C)cc2)c2ccccc32)cc1. The van der Waals surface area contributed by atoms with Crippen LogP contribution >= 0.6 is 11.6 Å². The van der Waals surface area contributed by atoms with E-state index in [0.29, 0.717) is 47.2 Å². The van der Waals surface area contributed by atoms with E-state index in [0.717, 1.165) is 21.9 Å². The summed E-state index contributed by atoms with van der Waals surface area (Å²) < 4.78 is 16.2. The maximum absolute atomic E-state index is 13.6. The van der Waals surface area contributed by atoms with Crippen molar-refractivity contribution in [1.82, 2.24) is 16.0 Å². The van der Waals surface area contributed by atoms with Gasteiger partial charge in [0, 0.05) is 42.0 Å². The highest BCUT2D eigenvalue weighted by Crippen LogP contribution is 2.45. The first kappa shape index (κ1) is 48.2. The summed E-state index contributed by atoms with van der Waals surface area (Å²) in [7, 11) is 1.59. The van der Waals surface area contributed by atoms with Crippen LogP contribution < -0.4 is 42.0 Å². The zero-order valence-corrected chi connectivity index (χ0v) is 37.5. The number of ether oxygens (including phenoxy) is 3. The van der Waals surface area contributed by atoms with Gasteiger partial charge in [-0.1, -0.05) is 62.4 Å². The molecule has 4 aromatic carbocycles. The van der Waals surface area contributed by atoms with Gasteiger partial charge < -0.3 is 46.1 Å². The van der Waals surface area contributed by atoms with Gasteiger partial charge in [0.2, 0.25) is 11.8 Å². The molecule has 0 spiro atoms. The van der Waals surface area contributed by atoms with Gasteiger partial charge >= 0.3 is 18.2 Å². The number of nitrogens with zero attached hydrogens (tertiary/aromatic N) is 1. The number of carbonyl (C=O) groups excluding carboxylic acids is 6. The number of methoxy groups -OCH3 is 1. The summed E-state index contributed by atoms with van der Waals surface area (Å²) in [6.07, 6.45) is 2.18. The molecule has 1 unspecified atom stereocenters. The molecule has 0 saturated heterocycles. The lowest BCUT2D eigenvalue weighted by Crippen LogP contribution is -2.55. The fraction of sp³-hybridized carbons (Fsp3) is 0.362. The predicted molar refractivity (Wildman–Crippen MR) is 247 cm³/mol. The van der Waals surface area contributed by atoms with E-state index in [9.17, 15) is 28.8 Å². The van der Waals surface area contributed by atoms with Crippen LogP contribution in [0, 0.1) is 5.92 Å². The van der Waals surface area contributed by atoms with Crippen LogP contribution in [0.5, 0.6) is 5.75 Å². The molecule has 0 saturated carbocycles. The Hall–Kier alpha value is -6.81. The average molecular weight is 898 g/mol. The molecule has 7 amide bonds. The van der Waals surface area contributed by atoms with Crippen LogP contribution in [-0.4, -0.2) is 79.7 Å². The number of amides is 7. The van der Waals surface area contributed by atoms with Crippen molar-refractivity contribution in [2.24, 2.45) is 11.7 Å². The fourth-order valence-corrected chi connectivity index (χ4v) is 7.33. The Morgan fingerprint density at radius 2 is 1.58 bits per heavy atom. The second-order valence-corrected chi connectivity index (χ2v) is 16.9. The number of benzene rings is 4. The Morgan fingerprint density at radius 1 is 0.891 bits per heavy atom. The number of nitrogens with two attached hydrogens (primary N) is 1. The lowest BCUT2D eigenvalue weighted by molar-refractivity contribution is -0.128. The molecule has 340 valence electrons. The van der Waals surface area contributed by atoms with Crippen molar-refractivity contribution in [1.29, 1.82) is 0 Å². The van der Waals surface area contributed by atoms with Gasteiger partial charge in [-0.3, -0.25) is 19.7 Å². The lowest BCUT2D eigenvalue weighted by Gasteiger charge is -2.27. The number of halogens is 1. The molecule has 1 aliphatic rings. The molecule has 64 heavy (non-hydrogen) atoms. The van der Waals surface area contributed by atoms with Gasteiger partial charge in [-0.2, -0.15) is 0 Å². The van der Waals surface area contributed by atoms with Gasteiger partial charge in [0.15, 0.2) is 0 Å². The number of alkyl halides is 1. The number of rotatable bonds is 17. The quantitative estimate of drug-likeness (QED) is 0.0353. The van der Waals surface area contributed by atoms with Gasteiger partial charge in [0.25, 0.3) is 5.91 Å². The van der Waals surface area contributed by atoms with E-state index in [1.165, 1.54) is 6.08 Å². The van der Waals surface area contributed by atoms with Crippen molar-refractivity contribution >= 4 is 81.5 Å². The molecule has 17 heteroatoms. The molecule has 0 radical (unpaired) electrons. The van der Waals surface area contributed by atoms with Crippen molar-refractivity contribution in [3.8, 4) is 5.75 Å². The van der Waals surface area contributed by atoms with Crippen LogP contribution in [0.2, 0.25) is 0 Å². The van der Waals surface area contributed by atoms with Crippen LogP contribution in [-0.2, 0) is 30.5 Å². The molecule has 7 N–H and O–H groups in total. The summed E-state index contributed by atoms with van der Waals surface area (Å²) in [4.78, 5) is 79.3. The smallest absolute Gasteiger partial charge is 0.411 e. The van der Waals surface area contributed by atoms with Crippen LogP contribution in [0.25, 0.3) is 16.8 Å². The molecule has 1 aliphatic heterocycles.